The van der Waals surface area contributed by atoms with Gasteiger partial charge in [0, 0.05) is 5.69 Å². The number of quaternary nitrogens is 1. The third kappa shape index (κ3) is 4.13. The molecule has 0 fully saturated rings. The molecule has 1 aliphatic heterocycles. The van der Waals surface area contributed by atoms with Gasteiger partial charge in [0.05, 0.1) is 18.7 Å². The Labute approximate surface area is 152 Å². The topological polar surface area (TPSA) is 75.8 Å². The molecule has 0 bridgehead atoms. The normalized spacial score (nSPS) is 17.7. The maximum absolute atomic E-state index is 12.5. The number of carbonyl (C=O) groups excluding carboxylic acids is 1. The van der Waals surface area contributed by atoms with E-state index in [0.717, 1.165) is 16.4 Å². The van der Waals surface area contributed by atoms with Crippen LogP contribution >= 0.6 is 0 Å². The van der Waals surface area contributed by atoms with Crippen molar-refractivity contribution in [3.8, 4) is 17.6 Å². The maximum Gasteiger partial charge on any atom is 0.282 e. The van der Waals surface area contributed by atoms with Crippen LogP contribution in [0, 0.1) is 11.3 Å². The highest BCUT2D eigenvalue weighted by Gasteiger charge is 2.28. The fourth-order valence-electron chi connectivity index (χ4n) is 2.80. The monoisotopic (exact) mass is 352 g/mol. The van der Waals surface area contributed by atoms with Crippen molar-refractivity contribution in [1.29, 1.82) is 5.26 Å². The Hall–Kier alpha value is -3.04. The van der Waals surface area contributed by atoms with Crippen LogP contribution in [0.3, 0.4) is 0 Å². The van der Waals surface area contributed by atoms with Gasteiger partial charge in [-0.15, -0.1) is 0 Å². The van der Waals surface area contributed by atoms with Crippen molar-refractivity contribution in [2.24, 2.45) is 0 Å². The smallest absolute Gasteiger partial charge is 0.282 e. The summed E-state index contributed by atoms with van der Waals surface area (Å²) in [6.45, 7) is 3.00. The van der Waals surface area contributed by atoms with Crippen LogP contribution in [0.25, 0.3) is 0 Å². The average molecular weight is 352 g/mol. The molecule has 2 aromatic rings. The highest BCUT2D eigenvalue weighted by atomic mass is 16.6. The second-order valence-electron chi connectivity index (χ2n) is 6.45. The Morgan fingerprint density at radius 3 is 2.65 bits per heavy atom. The number of hydrogen-bond donors (Lipinski definition) is 2. The first-order valence-electron chi connectivity index (χ1n) is 8.58. The number of carbonyl (C=O) groups is 1. The van der Waals surface area contributed by atoms with E-state index in [4.69, 9.17) is 14.7 Å². The molecule has 2 aromatic carbocycles. The molecular formula is C20H22N3O3+. The number of anilines is 1. The van der Waals surface area contributed by atoms with Crippen LogP contribution in [-0.2, 0) is 4.79 Å². The van der Waals surface area contributed by atoms with Crippen molar-refractivity contribution in [3.05, 3.63) is 54.1 Å². The number of amides is 1. The van der Waals surface area contributed by atoms with E-state index in [1.807, 2.05) is 38.2 Å². The molecule has 1 heterocycles. The molecule has 1 unspecified atom stereocenters. The highest BCUT2D eigenvalue weighted by molar-refractivity contribution is 5.93. The van der Waals surface area contributed by atoms with E-state index in [1.54, 1.807) is 24.3 Å². The molecule has 3 atom stereocenters. The Bertz CT molecular complexity index is 814. The summed E-state index contributed by atoms with van der Waals surface area (Å²) in [6, 6.07) is 16.2. The van der Waals surface area contributed by atoms with E-state index in [2.05, 4.69) is 11.4 Å². The summed E-state index contributed by atoms with van der Waals surface area (Å²) in [5, 5.41) is 11.7. The number of nitrogens with zero attached hydrogens (tertiary/aromatic N) is 1. The lowest BCUT2D eigenvalue weighted by Gasteiger charge is -2.29. The van der Waals surface area contributed by atoms with Crippen molar-refractivity contribution >= 4 is 11.6 Å². The molecular weight excluding hydrogens is 330 g/mol. The number of fused-ring (bicyclic) bond motifs is 1. The number of rotatable bonds is 5. The minimum absolute atomic E-state index is 0.0793. The molecule has 0 radical (unpaired) electrons. The predicted molar refractivity (Wildman–Crippen MR) is 97.4 cm³/mol. The van der Waals surface area contributed by atoms with Crippen LogP contribution in [-0.4, -0.2) is 38.3 Å². The van der Waals surface area contributed by atoms with Crippen molar-refractivity contribution in [2.45, 2.75) is 19.1 Å². The van der Waals surface area contributed by atoms with Crippen LogP contribution in [0.15, 0.2) is 48.5 Å². The zero-order chi connectivity index (χ0) is 18.5. The van der Waals surface area contributed by atoms with E-state index in [9.17, 15) is 4.79 Å². The second-order valence-corrected chi connectivity index (χ2v) is 6.45. The lowest BCUT2D eigenvalue weighted by Crippen LogP contribution is -3.15. The standard InChI is InChI=1S/C20H21N3O3/c1-14(20(24)22-16-9-7-15(11-21)8-10-16)23(2)12-17-13-25-18-5-3-4-6-19(18)26-17/h3-10,14,17H,12-13H2,1-2H3,(H,22,24)/p+1/t14-,17+/m0/s1. The lowest BCUT2D eigenvalue weighted by molar-refractivity contribution is -0.896. The molecule has 0 aromatic heterocycles. The Kier molecular flexibility index (Phi) is 5.40. The largest absolute Gasteiger partial charge is 0.486 e. The van der Waals surface area contributed by atoms with Crippen molar-refractivity contribution in [3.63, 3.8) is 0 Å². The molecule has 0 aliphatic carbocycles. The van der Waals surface area contributed by atoms with E-state index in [0.29, 0.717) is 24.4 Å². The van der Waals surface area contributed by atoms with Gasteiger partial charge in [-0.2, -0.15) is 5.26 Å². The Balaban J connectivity index is 1.54. The van der Waals surface area contributed by atoms with Gasteiger partial charge in [0.15, 0.2) is 23.6 Å². The van der Waals surface area contributed by atoms with Crippen LogP contribution in [0.5, 0.6) is 11.5 Å². The van der Waals surface area contributed by atoms with Gasteiger partial charge in [0.25, 0.3) is 5.91 Å². The zero-order valence-corrected chi connectivity index (χ0v) is 14.9. The number of nitrogens with one attached hydrogen (secondary N) is 2. The fraction of sp³-hybridized carbons (Fsp3) is 0.300. The number of ether oxygens (including phenoxy) is 2. The highest BCUT2D eigenvalue weighted by Crippen LogP contribution is 2.30. The third-order valence-electron chi connectivity index (χ3n) is 4.53. The number of likely N-dealkylation sites (N-methyl/N-ethyl adjacent to an activating group) is 1. The summed E-state index contributed by atoms with van der Waals surface area (Å²) in [4.78, 5) is 13.5. The lowest BCUT2D eigenvalue weighted by atomic mass is 10.2. The van der Waals surface area contributed by atoms with Crippen molar-refractivity contribution in [1.82, 2.24) is 0 Å². The van der Waals surface area contributed by atoms with E-state index in [1.165, 1.54) is 0 Å². The minimum atomic E-state index is -0.258. The first kappa shape index (κ1) is 17.8. The van der Waals surface area contributed by atoms with Crippen LogP contribution in [0.2, 0.25) is 0 Å². The second kappa shape index (κ2) is 7.89. The first-order chi connectivity index (χ1) is 12.6. The van der Waals surface area contributed by atoms with E-state index >= 15 is 0 Å². The number of nitriles is 1. The van der Waals surface area contributed by atoms with Crippen molar-refractivity contribution < 1.29 is 19.2 Å². The molecule has 0 saturated heterocycles. The summed E-state index contributed by atoms with van der Waals surface area (Å²) in [5.74, 6) is 1.42. The van der Waals surface area contributed by atoms with Gasteiger partial charge in [0.1, 0.15) is 13.2 Å². The van der Waals surface area contributed by atoms with Gasteiger partial charge in [-0.1, -0.05) is 12.1 Å². The maximum atomic E-state index is 12.5. The minimum Gasteiger partial charge on any atom is -0.486 e. The van der Waals surface area contributed by atoms with Gasteiger partial charge in [-0.25, -0.2) is 0 Å². The predicted octanol–water partition coefficient (Wildman–Crippen LogP) is 1.24. The molecule has 6 nitrogen and oxygen atoms in total. The molecule has 26 heavy (non-hydrogen) atoms. The zero-order valence-electron chi connectivity index (χ0n) is 14.9. The molecule has 1 amide bonds. The molecule has 1 aliphatic rings. The van der Waals surface area contributed by atoms with Gasteiger partial charge < -0.3 is 19.7 Å². The van der Waals surface area contributed by atoms with E-state index in [-0.39, 0.29) is 18.1 Å². The molecule has 0 spiro atoms. The van der Waals surface area contributed by atoms with Crippen LogP contribution in [0.4, 0.5) is 5.69 Å². The van der Waals surface area contributed by atoms with Gasteiger partial charge in [-0.05, 0) is 43.3 Å². The van der Waals surface area contributed by atoms with Crippen molar-refractivity contribution in [2.75, 3.05) is 25.5 Å². The SMILES string of the molecule is C[C@@H](C(=O)Nc1ccc(C#N)cc1)[NH+](C)C[C@@H]1COc2ccccc2O1. The van der Waals surface area contributed by atoms with Gasteiger partial charge in [0.2, 0.25) is 0 Å². The van der Waals surface area contributed by atoms with Crippen LogP contribution in [0.1, 0.15) is 12.5 Å². The molecule has 2 N–H and O–H groups in total. The van der Waals surface area contributed by atoms with Crippen LogP contribution < -0.4 is 19.7 Å². The molecule has 3 rings (SSSR count). The fourth-order valence-corrected chi connectivity index (χ4v) is 2.80. The molecule has 6 heteroatoms. The summed E-state index contributed by atoms with van der Waals surface area (Å²) >= 11 is 0. The summed E-state index contributed by atoms with van der Waals surface area (Å²) in [5.41, 5.74) is 1.24. The quantitative estimate of drug-likeness (QED) is 0.849. The molecule has 0 saturated carbocycles. The van der Waals surface area contributed by atoms with Gasteiger partial charge >= 0.3 is 0 Å². The Morgan fingerprint density at radius 2 is 1.96 bits per heavy atom. The van der Waals surface area contributed by atoms with E-state index < -0.39 is 0 Å². The third-order valence-corrected chi connectivity index (χ3v) is 4.53. The Morgan fingerprint density at radius 1 is 1.27 bits per heavy atom. The average Bonchev–Trinajstić information content (AvgIpc) is 2.67. The molecule has 134 valence electrons. The number of para-hydroxylation sites is 2. The summed E-state index contributed by atoms with van der Waals surface area (Å²) in [6.07, 6.45) is -0.102. The first-order valence-corrected chi connectivity index (χ1v) is 8.58. The van der Waals surface area contributed by atoms with Gasteiger partial charge in [-0.3, -0.25) is 4.79 Å². The summed E-state index contributed by atoms with van der Waals surface area (Å²) < 4.78 is 11.7. The number of hydrogen-bond acceptors (Lipinski definition) is 4. The summed E-state index contributed by atoms with van der Waals surface area (Å²) in [7, 11) is 1.97. The number of benzene rings is 2.